The molecule has 0 saturated heterocycles. The minimum atomic E-state index is -0.434. The van der Waals surface area contributed by atoms with Crippen molar-refractivity contribution in [2.45, 2.75) is 19.3 Å². The topological polar surface area (TPSA) is 13.1 Å². The summed E-state index contributed by atoms with van der Waals surface area (Å²) in [6, 6.07) is 32.7. The third kappa shape index (κ3) is 3.79. The molecule has 0 atom stereocenters. The quantitative estimate of drug-likeness (QED) is 0.179. The van der Waals surface area contributed by atoms with E-state index >= 15 is 0 Å². The lowest BCUT2D eigenvalue weighted by molar-refractivity contribution is 0.660. The molecule has 0 aliphatic heterocycles. The Hall–Kier alpha value is -5.92. The van der Waals surface area contributed by atoms with E-state index in [2.05, 4.69) is 56.3 Å². The van der Waals surface area contributed by atoms with Crippen molar-refractivity contribution < 1.29 is 15.4 Å². The van der Waals surface area contributed by atoms with Crippen molar-refractivity contribution in [3.05, 3.63) is 169 Å². The van der Waals surface area contributed by atoms with Crippen LogP contribution in [-0.2, 0) is 5.41 Å². The van der Waals surface area contributed by atoms with Crippen LogP contribution < -0.4 is 0 Å². The third-order valence-corrected chi connectivity index (χ3v) is 10.1. The van der Waals surface area contributed by atoms with Gasteiger partial charge in [-0.2, -0.15) is 0 Å². The molecule has 0 fully saturated rings. The molecule has 48 heavy (non-hydrogen) atoms. The zero-order valence-corrected chi connectivity index (χ0v) is 26.3. The fourth-order valence-corrected chi connectivity index (χ4v) is 7.90. The van der Waals surface area contributed by atoms with Gasteiger partial charge in [0.2, 0.25) is 0 Å². The van der Waals surface area contributed by atoms with Crippen molar-refractivity contribution >= 4 is 43.5 Å². The van der Waals surface area contributed by atoms with Crippen LogP contribution in [0.2, 0.25) is 0 Å². The highest BCUT2D eigenvalue weighted by Gasteiger charge is 2.35. The smallest absolute Gasteiger partial charge is 0.136 e. The van der Waals surface area contributed by atoms with E-state index in [-0.39, 0.29) is 51.1 Å². The monoisotopic (exact) mass is 620 g/mol. The van der Waals surface area contributed by atoms with Gasteiger partial charge in [0.05, 0.1) is 11.0 Å². The largest absolute Gasteiger partial charge is 0.456 e. The molecule has 0 bridgehead atoms. The van der Waals surface area contributed by atoms with E-state index in [1.807, 2.05) is 60.7 Å². The number of hydrogen-bond acceptors (Lipinski definition) is 1. The number of benzene rings is 8. The number of furan rings is 1. The second-order valence-electron chi connectivity index (χ2n) is 13.0. The minimum absolute atomic E-state index is 0.126. The van der Waals surface area contributed by atoms with Crippen LogP contribution in [0.3, 0.4) is 0 Å². The van der Waals surface area contributed by atoms with Crippen LogP contribution >= 0.6 is 0 Å². The summed E-state index contributed by atoms with van der Waals surface area (Å²) >= 11 is 0. The summed E-state index contributed by atoms with van der Waals surface area (Å²) in [5.74, 6) is 0. The second-order valence-corrected chi connectivity index (χ2v) is 13.0. The van der Waals surface area contributed by atoms with E-state index in [9.17, 15) is 5.48 Å². The van der Waals surface area contributed by atoms with Crippen LogP contribution in [0.25, 0.3) is 88.0 Å². The first kappa shape index (κ1) is 20.3. The molecule has 0 radical (unpaired) electrons. The van der Waals surface area contributed by atoms with E-state index in [1.54, 1.807) is 6.07 Å². The van der Waals surface area contributed by atoms with E-state index < -0.39 is 24.2 Å². The molecule has 1 aromatic heterocycles. The molecule has 226 valence electrons. The van der Waals surface area contributed by atoms with Crippen molar-refractivity contribution in [2.75, 3.05) is 0 Å². The van der Waals surface area contributed by atoms with E-state index in [0.29, 0.717) is 38.8 Å². The SMILES string of the molecule is [2H]c1c([2H])c([2H])c2c(-c3cccc4oc5ccccc5c34)c3c([2H])c([2H])c([2H])c([2H])c3c(-c3ccc(-c4ccc5c(c4)-c4ccccc4C5(C)C)cc3)c2c1[2H]. The molecule has 9 aromatic rings. The summed E-state index contributed by atoms with van der Waals surface area (Å²) in [5.41, 5.74) is 9.67. The zero-order valence-electron chi connectivity index (χ0n) is 34.3. The third-order valence-electron chi connectivity index (χ3n) is 10.1. The first-order chi connectivity index (χ1) is 26.9. The molecule has 10 rings (SSSR count). The van der Waals surface area contributed by atoms with Gasteiger partial charge in [0.15, 0.2) is 0 Å². The standard InChI is InChI=1S/C47H32O/c1-47(2)40-19-9-7-12-32(40)39-28-31(26-27-41(39)47)29-22-24-30(25-23-29)44-33-13-3-5-15-35(33)45(36-16-6-4-14-34(36)44)38-18-11-21-43-46(38)37-17-8-10-20-42(37)48-43/h3-28H,1-2H3/i3D,4D,5D,6D,13D,14D,15D,16D. The van der Waals surface area contributed by atoms with Crippen molar-refractivity contribution in [3.63, 3.8) is 0 Å². The Bertz CT molecular complexity index is 3110. The molecule has 1 nitrogen and oxygen atoms in total. The maximum Gasteiger partial charge on any atom is 0.136 e. The summed E-state index contributed by atoms with van der Waals surface area (Å²) in [5, 5.41) is 2.16. The molecule has 1 heterocycles. The highest BCUT2D eigenvalue weighted by Crippen LogP contribution is 2.50. The van der Waals surface area contributed by atoms with Gasteiger partial charge < -0.3 is 4.42 Å². The molecule has 0 amide bonds. The van der Waals surface area contributed by atoms with Gasteiger partial charge in [0.25, 0.3) is 0 Å². The van der Waals surface area contributed by atoms with Crippen LogP contribution in [0.5, 0.6) is 0 Å². The van der Waals surface area contributed by atoms with Crippen molar-refractivity contribution in [3.8, 4) is 44.5 Å². The zero-order chi connectivity index (χ0) is 38.9. The van der Waals surface area contributed by atoms with Gasteiger partial charge in [-0.25, -0.2) is 0 Å². The lowest BCUT2D eigenvalue weighted by Gasteiger charge is -2.21. The molecule has 1 aliphatic carbocycles. The summed E-state index contributed by atoms with van der Waals surface area (Å²) in [6.07, 6.45) is 0. The van der Waals surface area contributed by atoms with Gasteiger partial charge in [-0.05, 0) is 95.4 Å². The Kier molecular flexibility index (Phi) is 4.25. The molecule has 0 N–H and O–H groups in total. The normalized spacial score (nSPS) is 15.7. The summed E-state index contributed by atoms with van der Waals surface area (Å²) in [6.45, 7) is 4.49. The predicted molar refractivity (Wildman–Crippen MR) is 203 cm³/mol. The fraction of sp³-hybridized carbons (Fsp3) is 0.0638. The molecule has 1 heteroatoms. The highest BCUT2D eigenvalue weighted by molar-refractivity contribution is 6.25. The van der Waals surface area contributed by atoms with Crippen LogP contribution in [-0.4, -0.2) is 0 Å². The van der Waals surface area contributed by atoms with Crippen LogP contribution in [0, 0.1) is 0 Å². The van der Waals surface area contributed by atoms with Gasteiger partial charge in [-0.3, -0.25) is 0 Å². The first-order valence-electron chi connectivity index (χ1n) is 20.1. The Morgan fingerprint density at radius 2 is 1.02 bits per heavy atom. The highest BCUT2D eigenvalue weighted by atomic mass is 16.3. The number of hydrogen-bond donors (Lipinski definition) is 0. The average molecular weight is 621 g/mol. The lowest BCUT2D eigenvalue weighted by atomic mass is 9.82. The van der Waals surface area contributed by atoms with Gasteiger partial charge >= 0.3 is 0 Å². The maximum absolute atomic E-state index is 9.39. The van der Waals surface area contributed by atoms with Gasteiger partial charge in [-0.1, -0.05) is 153 Å². The predicted octanol–water partition coefficient (Wildman–Crippen LogP) is 13.2. The lowest BCUT2D eigenvalue weighted by Crippen LogP contribution is -2.14. The molecule has 0 unspecified atom stereocenters. The van der Waals surface area contributed by atoms with Gasteiger partial charge in [0.1, 0.15) is 11.2 Å². The van der Waals surface area contributed by atoms with Crippen LogP contribution in [0.4, 0.5) is 0 Å². The number of para-hydroxylation sites is 1. The molecule has 8 aromatic carbocycles. The maximum atomic E-state index is 9.39. The van der Waals surface area contributed by atoms with Crippen molar-refractivity contribution in [1.82, 2.24) is 0 Å². The van der Waals surface area contributed by atoms with Crippen molar-refractivity contribution in [2.24, 2.45) is 0 Å². The summed E-state index contributed by atoms with van der Waals surface area (Å²) in [4.78, 5) is 0. The molecular weight excluding hydrogens is 581 g/mol. The van der Waals surface area contributed by atoms with E-state index in [1.165, 1.54) is 22.3 Å². The van der Waals surface area contributed by atoms with E-state index in [0.717, 1.165) is 16.5 Å². The van der Waals surface area contributed by atoms with Crippen LogP contribution in [0.1, 0.15) is 35.9 Å². The first-order valence-corrected chi connectivity index (χ1v) is 16.1. The molecule has 0 saturated carbocycles. The van der Waals surface area contributed by atoms with Crippen LogP contribution in [0.15, 0.2) is 162 Å². The average Bonchev–Trinajstić information content (AvgIpc) is 3.71. The number of fused-ring (bicyclic) bond motifs is 8. The molecule has 0 spiro atoms. The summed E-state index contributed by atoms with van der Waals surface area (Å²) in [7, 11) is 0. The Balaban J connectivity index is 1.30. The van der Waals surface area contributed by atoms with Gasteiger partial charge in [-0.15, -0.1) is 0 Å². The van der Waals surface area contributed by atoms with Crippen molar-refractivity contribution in [1.29, 1.82) is 0 Å². The molecular formula is C47H32O. The number of rotatable bonds is 3. The van der Waals surface area contributed by atoms with Gasteiger partial charge in [0, 0.05) is 16.2 Å². The Morgan fingerprint density at radius 3 is 1.77 bits per heavy atom. The fourth-order valence-electron chi connectivity index (χ4n) is 7.90. The Morgan fingerprint density at radius 1 is 0.458 bits per heavy atom. The van der Waals surface area contributed by atoms with E-state index in [4.69, 9.17) is 9.90 Å². The summed E-state index contributed by atoms with van der Waals surface area (Å²) < 4.78 is 79.0. The minimum Gasteiger partial charge on any atom is -0.456 e. The molecule has 1 aliphatic rings. The Labute approximate surface area is 291 Å². The second kappa shape index (κ2) is 10.0.